The zero-order valence-electron chi connectivity index (χ0n) is 18.4. The lowest BCUT2D eigenvalue weighted by molar-refractivity contribution is 0.0608. The summed E-state index contributed by atoms with van der Waals surface area (Å²) in [5.74, 6) is 4.61. The summed E-state index contributed by atoms with van der Waals surface area (Å²) < 4.78 is 0. The van der Waals surface area contributed by atoms with Gasteiger partial charge in [-0.15, -0.1) is 0 Å². The second-order valence-corrected chi connectivity index (χ2v) is 10.5. The topological polar surface area (TPSA) is 23.8 Å². The van der Waals surface area contributed by atoms with Crippen molar-refractivity contribution < 1.29 is 0 Å². The van der Waals surface area contributed by atoms with Gasteiger partial charge in [-0.1, -0.05) is 71.6 Å². The third-order valence-corrected chi connectivity index (χ3v) is 9.12. The van der Waals surface area contributed by atoms with Gasteiger partial charge in [-0.25, -0.2) is 0 Å². The fourth-order valence-electron chi connectivity index (χ4n) is 6.99. The number of hydrogen-bond donors (Lipinski definition) is 0. The molecule has 0 aliphatic heterocycles. The fraction of sp³-hybridized carbons (Fsp3) is 0.962. The third-order valence-electron chi connectivity index (χ3n) is 9.12. The van der Waals surface area contributed by atoms with Gasteiger partial charge in [0.25, 0.3) is 0 Å². The monoisotopic (exact) mass is 371 g/mol. The summed E-state index contributed by atoms with van der Waals surface area (Å²) in [5, 5.41) is 10.1. The minimum absolute atomic E-state index is 0.0482. The molecule has 0 N–H and O–H groups in total. The molecule has 1 nitrogen and oxygen atoms in total. The lowest BCUT2D eigenvalue weighted by Crippen LogP contribution is -2.37. The molecule has 0 unspecified atom stereocenters. The van der Waals surface area contributed by atoms with Crippen molar-refractivity contribution in [1.29, 1.82) is 5.26 Å². The van der Waals surface area contributed by atoms with Crippen molar-refractivity contribution in [3.8, 4) is 6.07 Å². The Bertz CT molecular complexity index is 451. The number of hydrogen-bond acceptors (Lipinski definition) is 1. The minimum Gasteiger partial charge on any atom is -0.198 e. The van der Waals surface area contributed by atoms with Gasteiger partial charge < -0.3 is 0 Å². The maximum absolute atomic E-state index is 10.1. The number of unbranched alkanes of at least 4 members (excludes halogenated alkanes) is 2. The summed E-state index contributed by atoms with van der Waals surface area (Å²) in [6.45, 7) is 4.66. The van der Waals surface area contributed by atoms with Crippen LogP contribution in [0.2, 0.25) is 0 Å². The van der Waals surface area contributed by atoms with Crippen LogP contribution >= 0.6 is 0 Å². The van der Waals surface area contributed by atoms with E-state index < -0.39 is 0 Å². The maximum atomic E-state index is 10.1. The Balaban J connectivity index is 1.44. The summed E-state index contributed by atoms with van der Waals surface area (Å²) in [4.78, 5) is 0. The standard InChI is InChI=1S/C26H45N/c1-3-5-6-7-22-8-12-23(13-9-22)24-16-18-26(20-27,19-17-24)25-14-10-21(4-2)11-15-25/h21-25H,3-19H2,1-2H3. The molecule has 3 fully saturated rings. The lowest BCUT2D eigenvalue weighted by Gasteiger charge is -2.45. The van der Waals surface area contributed by atoms with Gasteiger partial charge in [-0.3, -0.25) is 0 Å². The molecule has 0 aromatic heterocycles. The van der Waals surface area contributed by atoms with E-state index in [0.717, 1.165) is 23.7 Å². The van der Waals surface area contributed by atoms with Crippen LogP contribution in [0.3, 0.4) is 0 Å². The summed E-state index contributed by atoms with van der Waals surface area (Å²) >= 11 is 0. The van der Waals surface area contributed by atoms with Gasteiger partial charge in [-0.05, 0) is 81.0 Å². The molecule has 0 aromatic rings. The molecule has 154 valence electrons. The highest BCUT2D eigenvalue weighted by Crippen LogP contribution is 2.52. The first-order valence-electron chi connectivity index (χ1n) is 12.6. The van der Waals surface area contributed by atoms with Crippen molar-refractivity contribution >= 4 is 0 Å². The Kier molecular flexibility index (Phi) is 8.10. The molecule has 0 aromatic carbocycles. The van der Waals surface area contributed by atoms with Crippen molar-refractivity contribution in [2.45, 2.75) is 123 Å². The normalized spacial score (nSPS) is 40.4. The molecule has 0 atom stereocenters. The van der Waals surface area contributed by atoms with E-state index >= 15 is 0 Å². The van der Waals surface area contributed by atoms with Crippen LogP contribution in [0, 0.1) is 46.3 Å². The molecule has 3 aliphatic carbocycles. The smallest absolute Gasteiger partial charge is 0.0692 e. The van der Waals surface area contributed by atoms with E-state index in [1.807, 2.05) is 0 Å². The van der Waals surface area contributed by atoms with Gasteiger partial charge in [0.1, 0.15) is 0 Å². The lowest BCUT2D eigenvalue weighted by atomic mass is 9.58. The van der Waals surface area contributed by atoms with Crippen molar-refractivity contribution in [2.24, 2.45) is 35.0 Å². The van der Waals surface area contributed by atoms with Crippen LogP contribution in [0.25, 0.3) is 0 Å². The summed E-state index contributed by atoms with van der Waals surface area (Å²) in [6, 6.07) is 2.88. The van der Waals surface area contributed by atoms with E-state index in [0.29, 0.717) is 5.92 Å². The Morgan fingerprint density at radius 3 is 1.89 bits per heavy atom. The Labute approximate surface area is 169 Å². The van der Waals surface area contributed by atoms with Gasteiger partial charge >= 0.3 is 0 Å². The average molecular weight is 372 g/mol. The first kappa shape index (κ1) is 21.2. The Morgan fingerprint density at radius 1 is 0.741 bits per heavy atom. The summed E-state index contributed by atoms with van der Waals surface area (Å²) in [6.07, 6.45) is 23.6. The largest absolute Gasteiger partial charge is 0.198 e. The molecule has 1 heteroatoms. The first-order valence-corrected chi connectivity index (χ1v) is 12.6. The number of nitriles is 1. The van der Waals surface area contributed by atoms with Gasteiger partial charge in [-0.2, -0.15) is 5.26 Å². The van der Waals surface area contributed by atoms with Crippen LogP contribution in [-0.2, 0) is 0 Å². The van der Waals surface area contributed by atoms with Crippen molar-refractivity contribution in [1.82, 2.24) is 0 Å². The van der Waals surface area contributed by atoms with E-state index in [9.17, 15) is 5.26 Å². The highest BCUT2D eigenvalue weighted by atomic mass is 14.5. The van der Waals surface area contributed by atoms with Crippen LogP contribution in [0.15, 0.2) is 0 Å². The molecule has 0 amide bonds. The van der Waals surface area contributed by atoms with Gasteiger partial charge in [0.15, 0.2) is 0 Å². The highest BCUT2D eigenvalue weighted by Gasteiger charge is 2.44. The van der Waals surface area contributed by atoms with Crippen LogP contribution < -0.4 is 0 Å². The quantitative estimate of drug-likeness (QED) is 0.413. The molecule has 3 saturated carbocycles. The van der Waals surface area contributed by atoms with E-state index in [-0.39, 0.29) is 5.41 Å². The average Bonchev–Trinajstić information content (AvgIpc) is 2.75. The molecule has 0 saturated heterocycles. The summed E-state index contributed by atoms with van der Waals surface area (Å²) in [5.41, 5.74) is 0.0482. The van der Waals surface area contributed by atoms with Crippen LogP contribution in [-0.4, -0.2) is 0 Å². The molecule has 3 rings (SSSR count). The molecular weight excluding hydrogens is 326 g/mol. The van der Waals surface area contributed by atoms with E-state index in [2.05, 4.69) is 19.9 Å². The van der Waals surface area contributed by atoms with Crippen molar-refractivity contribution in [3.63, 3.8) is 0 Å². The number of nitrogens with zero attached hydrogens (tertiary/aromatic N) is 1. The molecule has 0 spiro atoms. The second kappa shape index (κ2) is 10.3. The first-order chi connectivity index (χ1) is 13.2. The summed E-state index contributed by atoms with van der Waals surface area (Å²) in [7, 11) is 0. The van der Waals surface area contributed by atoms with Gasteiger partial charge in [0.05, 0.1) is 11.5 Å². The predicted octanol–water partition coefficient (Wildman–Crippen LogP) is 8.29. The fourth-order valence-corrected chi connectivity index (χ4v) is 6.99. The maximum Gasteiger partial charge on any atom is 0.0692 e. The SMILES string of the molecule is CCCCCC1CCC(C2CCC(C#N)(C3CCC(CC)CC3)CC2)CC1. The van der Waals surface area contributed by atoms with Crippen LogP contribution in [0.1, 0.15) is 123 Å². The van der Waals surface area contributed by atoms with Crippen molar-refractivity contribution in [2.75, 3.05) is 0 Å². The van der Waals surface area contributed by atoms with Crippen LogP contribution in [0.4, 0.5) is 0 Å². The van der Waals surface area contributed by atoms with Crippen molar-refractivity contribution in [3.05, 3.63) is 0 Å². The molecule has 0 radical (unpaired) electrons. The van der Waals surface area contributed by atoms with E-state index in [4.69, 9.17) is 0 Å². The van der Waals surface area contributed by atoms with Gasteiger partial charge in [0.2, 0.25) is 0 Å². The minimum atomic E-state index is 0.0482. The molecule has 3 aliphatic rings. The van der Waals surface area contributed by atoms with Gasteiger partial charge in [0, 0.05) is 0 Å². The molecular formula is C26H45N. The number of rotatable bonds is 7. The Morgan fingerprint density at radius 2 is 1.33 bits per heavy atom. The predicted molar refractivity (Wildman–Crippen MR) is 115 cm³/mol. The zero-order chi connectivity index (χ0) is 19.1. The third kappa shape index (κ3) is 5.31. The molecule has 0 heterocycles. The second-order valence-electron chi connectivity index (χ2n) is 10.5. The van der Waals surface area contributed by atoms with Crippen LogP contribution in [0.5, 0.6) is 0 Å². The molecule has 0 bridgehead atoms. The van der Waals surface area contributed by atoms with E-state index in [1.54, 1.807) is 0 Å². The highest BCUT2D eigenvalue weighted by molar-refractivity contribution is 5.06. The zero-order valence-corrected chi connectivity index (χ0v) is 18.4. The van der Waals surface area contributed by atoms with E-state index in [1.165, 1.54) is 109 Å². The Hall–Kier alpha value is -0.510. The molecule has 27 heavy (non-hydrogen) atoms.